The Morgan fingerprint density at radius 1 is 1.52 bits per heavy atom. The molecule has 1 aromatic carbocycles. The second-order valence-corrected chi connectivity index (χ2v) is 5.77. The number of nitrogens with zero attached hydrogens (tertiary/aromatic N) is 1. The molecule has 7 heteroatoms. The Morgan fingerprint density at radius 2 is 2.14 bits per heavy atom. The molecule has 21 heavy (non-hydrogen) atoms. The standard InChI is InChI=1S/C14H19ClN2O4/c1-5-14(3,4)16-13(18)9(2)21-12-8-10(17(19)20)6-7-11(12)15/h6-9H,5H2,1-4H3,(H,16,18). The monoisotopic (exact) mass is 314 g/mol. The lowest BCUT2D eigenvalue weighted by Gasteiger charge is -2.26. The number of non-ortho nitro benzene ring substituents is 1. The predicted octanol–water partition coefficient (Wildman–Crippen LogP) is 3.32. The van der Waals surface area contributed by atoms with E-state index < -0.39 is 11.0 Å². The molecule has 0 saturated heterocycles. The third kappa shape index (κ3) is 4.90. The Labute approximate surface area is 128 Å². The SMILES string of the molecule is CCC(C)(C)NC(=O)C(C)Oc1cc([N+](=O)[O-])ccc1Cl. The summed E-state index contributed by atoms with van der Waals surface area (Å²) in [5, 5.41) is 13.8. The first-order chi connectivity index (χ1) is 9.66. The summed E-state index contributed by atoms with van der Waals surface area (Å²) in [4.78, 5) is 22.2. The number of nitro groups is 1. The van der Waals surface area contributed by atoms with Gasteiger partial charge in [0, 0.05) is 11.6 Å². The van der Waals surface area contributed by atoms with Crippen molar-refractivity contribution in [1.29, 1.82) is 0 Å². The number of ether oxygens (including phenoxy) is 1. The minimum atomic E-state index is -0.810. The smallest absolute Gasteiger partial charge is 0.273 e. The predicted molar refractivity (Wildman–Crippen MR) is 80.7 cm³/mol. The van der Waals surface area contributed by atoms with E-state index in [1.54, 1.807) is 6.92 Å². The summed E-state index contributed by atoms with van der Waals surface area (Å²) in [7, 11) is 0. The van der Waals surface area contributed by atoms with Crippen molar-refractivity contribution in [3.8, 4) is 5.75 Å². The molecule has 1 unspecified atom stereocenters. The largest absolute Gasteiger partial charge is 0.479 e. The highest BCUT2D eigenvalue weighted by Gasteiger charge is 2.24. The maximum Gasteiger partial charge on any atom is 0.273 e. The Kier molecular flexibility index (Phi) is 5.54. The molecule has 116 valence electrons. The van der Waals surface area contributed by atoms with E-state index in [0.29, 0.717) is 0 Å². The number of halogens is 1. The van der Waals surface area contributed by atoms with Crippen molar-refractivity contribution in [2.45, 2.75) is 45.8 Å². The van der Waals surface area contributed by atoms with Gasteiger partial charge in [0.05, 0.1) is 16.0 Å². The van der Waals surface area contributed by atoms with Crippen LogP contribution in [0.3, 0.4) is 0 Å². The highest BCUT2D eigenvalue weighted by atomic mass is 35.5. The fourth-order valence-corrected chi connectivity index (χ4v) is 1.63. The summed E-state index contributed by atoms with van der Waals surface area (Å²) in [6.45, 7) is 7.33. The molecule has 0 saturated carbocycles. The van der Waals surface area contributed by atoms with Crippen LogP contribution in [-0.2, 0) is 4.79 Å². The minimum absolute atomic E-state index is 0.114. The third-order valence-corrected chi connectivity index (χ3v) is 3.46. The van der Waals surface area contributed by atoms with E-state index in [2.05, 4.69) is 5.32 Å². The molecule has 0 bridgehead atoms. The molecule has 0 spiro atoms. The number of amides is 1. The summed E-state index contributed by atoms with van der Waals surface area (Å²) in [6, 6.07) is 3.85. The number of rotatable bonds is 6. The highest BCUT2D eigenvalue weighted by molar-refractivity contribution is 6.32. The van der Waals surface area contributed by atoms with Crippen molar-refractivity contribution in [3.05, 3.63) is 33.3 Å². The molecule has 6 nitrogen and oxygen atoms in total. The summed E-state index contributed by atoms with van der Waals surface area (Å²) in [5.74, 6) is -0.188. The van der Waals surface area contributed by atoms with E-state index in [0.717, 1.165) is 6.42 Å². The van der Waals surface area contributed by atoms with Gasteiger partial charge < -0.3 is 10.1 Å². The molecule has 0 heterocycles. The van der Waals surface area contributed by atoms with E-state index in [-0.39, 0.29) is 27.9 Å². The van der Waals surface area contributed by atoms with Crippen molar-refractivity contribution in [1.82, 2.24) is 5.32 Å². The molecular weight excluding hydrogens is 296 g/mol. The summed E-state index contributed by atoms with van der Waals surface area (Å²) < 4.78 is 5.44. The van der Waals surface area contributed by atoms with Crippen LogP contribution in [0.4, 0.5) is 5.69 Å². The first kappa shape index (κ1) is 17.2. The van der Waals surface area contributed by atoms with Crippen LogP contribution < -0.4 is 10.1 Å². The zero-order chi connectivity index (χ0) is 16.2. The topological polar surface area (TPSA) is 81.5 Å². The molecule has 1 aromatic rings. The van der Waals surface area contributed by atoms with Crippen LogP contribution in [0.2, 0.25) is 5.02 Å². The Hall–Kier alpha value is -1.82. The maximum atomic E-state index is 12.0. The summed E-state index contributed by atoms with van der Waals surface area (Å²) in [6.07, 6.45) is -0.0430. The van der Waals surface area contributed by atoms with E-state index in [1.165, 1.54) is 18.2 Å². The number of hydrogen-bond acceptors (Lipinski definition) is 4. The minimum Gasteiger partial charge on any atom is -0.479 e. The van der Waals surface area contributed by atoms with Crippen molar-refractivity contribution < 1.29 is 14.5 Å². The van der Waals surface area contributed by atoms with Gasteiger partial charge >= 0.3 is 0 Å². The molecule has 0 fully saturated rings. The zero-order valence-corrected chi connectivity index (χ0v) is 13.2. The van der Waals surface area contributed by atoms with Crippen molar-refractivity contribution in [3.63, 3.8) is 0 Å². The molecule has 1 rings (SSSR count). The van der Waals surface area contributed by atoms with Gasteiger partial charge in [-0.25, -0.2) is 0 Å². The molecule has 0 aliphatic heterocycles. The van der Waals surface area contributed by atoms with Crippen molar-refractivity contribution in [2.24, 2.45) is 0 Å². The Morgan fingerprint density at radius 3 is 2.67 bits per heavy atom. The second kappa shape index (κ2) is 6.76. The van der Waals surface area contributed by atoms with E-state index in [1.807, 2.05) is 20.8 Å². The number of hydrogen-bond donors (Lipinski definition) is 1. The van der Waals surface area contributed by atoms with Crippen LogP contribution in [0, 0.1) is 10.1 Å². The van der Waals surface area contributed by atoms with Crippen LogP contribution >= 0.6 is 11.6 Å². The van der Waals surface area contributed by atoms with Gasteiger partial charge in [0.25, 0.3) is 11.6 Å². The van der Waals surface area contributed by atoms with Crippen LogP contribution in [0.5, 0.6) is 5.75 Å². The van der Waals surface area contributed by atoms with E-state index >= 15 is 0 Å². The van der Waals surface area contributed by atoms with Gasteiger partial charge in [-0.2, -0.15) is 0 Å². The zero-order valence-electron chi connectivity index (χ0n) is 12.5. The van der Waals surface area contributed by atoms with Crippen LogP contribution in [0.1, 0.15) is 34.1 Å². The van der Waals surface area contributed by atoms with Crippen LogP contribution in [0.15, 0.2) is 18.2 Å². The molecule has 1 N–H and O–H groups in total. The van der Waals surface area contributed by atoms with Crippen LogP contribution in [-0.4, -0.2) is 22.5 Å². The molecule has 0 aliphatic rings. The average molecular weight is 315 g/mol. The van der Waals surface area contributed by atoms with Gasteiger partial charge in [0.15, 0.2) is 6.10 Å². The normalized spacial score (nSPS) is 12.6. The molecule has 0 aliphatic carbocycles. The van der Waals surface area contributed by atoms with Gasteiger partial charge in [-0.3, -0.25) is 14.9 Å². The summed E-state index contributed by atoms with van der Waals surface area (Å²) in [5.41, 5.74) is -0.489. The molecule has 0 aromatic heterocycles. The van der Waals surface area contributed by atoms with Gasteiger partial charge in [0.2, 0.25) is 0 Å². The van der Waals surface area contributed by atoms with E-state index in [9.17, 15) is 14.9 Å². The first-order valence-electron chi connectivity index (χ1n) is 6.59. The quantitative estimate of drug-likeness (QED) is 0.645. The lowest BCUT2D eigenvalue weighted by molar-refractivity contribution is -0.384. The molecular formula is C14H19ClN2O4. The maximum absolute atomic E-state index is 12.0. The molecule has 0 radical (unpaired) electrons. The lowest BCUT2D eigenvalue weighted by Crippen LogP contribution is -2.48. The fourth-order valence-electron chi connectivity index (χ4n) is 1.46. The number of nitro benzene ring substituents is 1. The third-order valence-electron chi connectivity index (χ3n) is 3.14. The van der Waals surface area contributed by atoms with Crippen molar-refractivity contribution in [2.75, 3.05) is 0 Å². The average Bonchev–Trinajstić information content (AvgIpc) is 2.40. The molecule has 1 amide bonds. The Balaban J connectivity index is 2.83. The van der Waals surface area contributed by atoms with Gasteiger partial charge in [-0.05, 0) is 33.3 Å². The van der Waals surface area contributed by atoms with Crippen LogP contribution in [0.25, 0.3) is 0 Å². The van der Waals surface area contributed by atoms with E-state index in [4.69, 9.17) is 16.3 Å². The second-order valence-electron chi connectivity index (χ2n) is 5.36. The Bertz CT molecular complexity index is 546. The lowest BCUT2D eigenvalue weighted by atomic mass is 10.0. The van der Waals surface area contributed by atoms with Gasteiger partial charge in [-0.1, -0.05) is 18.5 Å². The number of carbonyl (C=O) groups excluding carboxylic acids is 1. The fraction of sp³-hybridized carbons (Fsp3) is 0.500. The van der Waals surface area contributed by atoms with Crippen molar-refractivity contribution >= 4 is 23.2 Å². The summed E-state index contributed by atoms with van der Waals surface area (Å²) >= 11 is 5.93. The van der Waals surface area contributed by atoms with Gasteiger partial charge in [-0.15, -0.1) is 0 Å². The van der Waals surface area contributed by atoms with Gasteiger partial charge in [0.1, 0.15) is 5.75 Å². The number of nitrogens with one attached hydrogen (secondary N) is 1. The molecule has 1 atom stereocenters. The highest BCUT2D eigenvalue weighted by Crippen LogP contribution is 2.29. The number of carbonyl (C=O) groups is 1. The first-order valence-corrected chi connectivity index (χ1v) is 6.96. The number of benzene rings is 1.